The van der Waals surface area contributed by atoms with E-state index in [1.807, 2.05) is 0 Å². The average molecular weight is 293 g/mol. The van der Waals surface area contributed by atoms with Crippen molar-refractivity contribution in [1.82, 2.24) is 5.32 Å². The molecule has 2 atom stereocenters. The molecule has 1 aliphatic rings. The fraction of sp³-hybridized carbons (Fsp3) is 0.333. The number of carboxylic acids is 1. The molecule has 2 unspecified atom stereocenters. The molecule has 0 saturated heterocycles. The molecule has 21 heavy (non-hydrogen) atoms. The van der Waals surface area contributed by atoms with Crippen LogP contribution in [-0.2, 0) is 9.59 Å². The first kappa shape index (κ1) is 15.0. The SMILES string of the molecule is O=C(CCOc1ccccc1F)NC1C=CC(C(=O)O)C1. The van der Waals surface area contributed by atoms with E-state index < -0.39 is 17.7 Å². The van der Waals surface area contributed by atoms with Gasteiger partial charge in [-0.3, -0.25) is 9.59 Å². The first-order valence-electron chi connectivity index (χ1n) is 6.64. The van der Waals surface area contributed by atoms with Gasteiger partial charge in [0.25, 0.3) is 0 Å². The van der Waals surface area contributed by atoms with Crippen LogP contribution in [0, 0.1) is 11.7 Å². The van der Waals surface area contributed by atoms with Crippen LogP contribution in [0.15, 0.2) is 36.4 Å². The number of hydrogen-bond acceptors (Lipinski definition) is 3. The van der Waals surface area contributed by atoms with Crippen LogP contribution in [0.1, 0.15) is 12.8 Å². The third kappa shape index (κ3) is 4.30. The number of aliphatic carboxylic acids is 1. The Kier molecular flexibility index (Phi) is 4.92. The number of carbonyl (C=O) groups is 2. The highest BCUT2D eigenvalue weighted by atomic mass is 19.1. The number of amides is 1. The normalized spacial score (nSPS) is 20.2. The summed E-state index contributed by atoms with van der Waals surface area (Å²) >= 11 is 0. The Morgan fingerprint density at radius 2 is 2.10 bits per heavy atom. The number of hydrogen-bond donors (Lipinski definition) is 2. The van der Waals surface area contributed by atoms with Crippen LogP contribution in [0.3, 0.4) is 0 Å². The molecule has 0 aliphatic heterocycles. The van der Waals surface area contributed by atoms with Gasteiger partial charge >= 0.3 is 5.97 Å². The van der Waals surface area contributed by atoms with Gasteiger partial charge in [0.1, 0.15) is 0 Å². The molecule has 1 amide bonds. The topological polar surface area (TPSA) is 75.6 Å². The summed E-state index contributed by atoms with van der Waals surface area (Å²) < 4.78 is 18.5. The van der Waals surface area contributed by atoms with Crippen LogP contribution in [0.25, 0.3) is 0 Å². The Labute approximate surface area is 121 Å². The number of benzene rings is 1. The van der Waals surface area contributed by atoms with Crippen molar-refractivity contribution in [3.63, 3.8) is 0 Å². The van der Waals surface area contributed by atoms with Crippen LogP contribution in [0.2, 0.25) is 0 Å². The molecule has 1 aromatic rings. The first-order valence-corrected chi connectivity index (χ1v) is 6.64. The van der Waals surface area contributed by atoms with Gasteiger partial charge in [-0.15, -0.1) is 0 Å². The first-order chi connectivity index (χ1) is 10.1. The molecule has 1 aromatic carbocycles. The van der Waals surface area contributed by atoms with E-state index in [1.54, 1.807) is 24.3 Å². The van der Waals surface area contributed by atoms with Gasteiger partial charge in [0.15, 0.2) is 11.6 Å². The van der Waals surface area contributed by atoms with Crippen LogP contribution in [0.4, 0.5) is 4.39 Å². The molecule has 0 radical (unpaired) electrons. The van der Waals surface area contributed by atoms with E-state index in [2.05, 4.69) is 5.32 Å². The van der Waals surface area contributed by atoms with Gasteiger partial charge in [-0.25, -0.2) is 4.39 Å². The molecule has 0 heterocycles. The van der Waals surface area contributed by atoms with Crippen molar-refractivity contribution < 1.29 is 23.8 Å². The van der Waals surface area contributed by atoms with E-state index in [-0.39, 0.29) is 30.7 Å². The van der Waals surface area contributed by atoms with E-state index in [9.17, 15) is 14.0 Å². The number of halogens is 1. The van der Waals surface area contributed by atoms with Gasteiger partial charge in [0, 0.05) is 6.04 Å². The van der Waals surface area contributed by atoms with Crippen LogP contribution in [-0.4, -0.2) is 29.6 Å². The third-order valence-corrected chi connectivity index (χ3v) is 3.17. The van der Waals surface area contributed by atoms with Crippen molar-refractivity contribution in [3.8, 4) is 5.75 Å². The number of ether oxygens (including phenoxy) is 1. The zero-order chi connectivity index (χ0) is 15.2. The highest BCUT2D eigenvalue weighted by Crippen LogP contribution is 2.18. The fourth-order valence-electron chi connectivity index (χ4n) is 2.08. The van der Waals surface area contributed by atoms with E-state index >= 15 is 0 Å². The molecule has 112 valence electrons. The quantitative estimate of drug-likeness (QED) is 0.783. The predicted molar refractivity (Wildman–Crippen MR) is 73.3 cm³/mol. The number of carboxylic acid groups (broad SMARTS) is 1. The van der Waals surface area contributed by atoms with E-state index in [4.69, 9.17) is 9.84 Å². The minimum absolute atomic E-state index is 0.0611. The Morgan fingerprint density at radius 1 is 1.33 bits per heavy atom. The lowest BCUT2D eigenvalue weighted by atomic mass is 10.1. The van der Waals surface area contributed by atoms with Gasteiger partial charge in [-0.2, -0.15) is 0 Å². The summed E-state index contributed by atoms with van der Waals surface area (Å²) in [5.41, 5.74) is 0. The van der Waals surface area contributed by atoms with Crippen molar-refractivity contribution in [2.45, 2.75) is 18.9 Å². The standard InChI is InChI=1S/C15H16FNO4/c16-12-3-1-2-4-13(12)21-8-7-14(18)17-11-6-5-10(9-11)15(19)20/h1-6,10-11H,7-9H2,(H,17,18)(H,19,20). The molecule has 2 rings (SSSR count). The van der Waals surface area contributed by atoms with Crippen molar-refractivity contribution in [2.75, 3.05) is 6.61 Å². The van der Waals surface area contributed by atoms with E-state index in [0.717, 1.165) is 0 Å². The Morgan fingerprint density at radius 3 is 2.76 bits per heavy atom. The number of rotatable bonds is 6. The number of nitrogens with one attached hydrogen (secondary N) is 1. The second-order valence-corrected chi connectivity index (χ2v) is 4.77. The summed E-state index contributed by atoms with van der Waals surface area (Å²) in [6, 6.07) is 5.70. The lowest BCUT2D eigenvalue weighted by Gasteiger charge is -2.12. The maximum absolute atomic E-state index is 13.3. The lowest BCUT2D eigenvalue weighted by Crippen LogP contribution is -2.34. The van der Waals surface area contributed by atoms with Gasteiger partial charge in [0.2, 0.25) is 5.91 Å². The second kappa shape index (κ2) is 6.88. The average Bonchev–Trinajstić information content (AvgIpc) is 2.89. The minimum atomic E-state index is -0.897. The highest BCUT2D eigenvalue weighted by molar-refractivity contribution is 5.77. The Hall–Kier alpha value is -2.37. The summed E-state index contributed by atoms with van der Waals surface area (Å²) in [5.74, 6) is -2.07. The molecule has 0 bridgehead atoms. The lowest BCUT2D eigenvalue weighted by molar-refractivity contribution is -0.140. The number of carbonyl (C=O) groups excluding carboxylic acids is 1. The van der Waals surface area contributed by atoms with Gasteiger partial charge in [0.05, 0.1) is 18.9 Å². The van der Waals surface area contributed by atoms with E-state index in [1.165, 1.54) is 12.1 Å². The Balaban J connectivity index is 1.70. The summed E-state index contributed by atoms with van der Waals surface area (Å²) in [6.07, 6.45) is 3.68. The summed E-state index contributed by atoms with van der Waals surface area (Å²) in [4.78, 5) is 22.5. The molecule has 5 nitrogen and oxygen atoms in total. The fourth-order valence-corrected chi connectivity index (χ4v) is 2.08. The summed E-state index contributed by atoms with van der Waals surface area (Å²) in [5, 5.41) is 11.5. The molecule has 0 saturated carbocycles. The van der Waals surface area contributed by atoms with Crippen molar-refractivity contribution >= 4 is 11.9 Å². The molecular formula is C15H16FNO4. The van der Waals surface area contributed by atoms with Gasteiger partial charge in [-0.05, 0) is 18.6 Å². The largest absolute Gasteiger partial charge is 0.490 e. The molecule has 1 aliphatic carbocycles. The maximum atomic E-state index is 13.3. The zero-order valence-corrected chi connectivity index (χ0v) is 11.3. The highest BCUT2D eigenvalue weighted by Gasteiger charge is 2.25. The predicted octanol–water partition coefficient (Wildman–Crippen LogP) is 1.74. The van der Waals surface area contributed by atoms with Crippen LogP contribution >= 0.6 is 0 Å². The minimum Gasteiger partial charge on any atom is -0.490 e. The second-order valence-electron chi connectivity index (χ2n) is 4.77. The van der Waals surface area contributed by atoms with Crippen molar-refractivity contribution in [1.29, 1.82) is 0 Å². The molecule has 0 spiro atoms. The monoisotopic (exact) mass is 293 g/mol. The molecule has 6 heteroatoms. The van der Waals surface area contributed by atoms with Gasteiger partial charge in [-0.1, -0.05) is 24.3 Å². The van der Waals surface area contributed by atoms with Crippen molar-refractivity contribution in [3.05, 3.63) is 42.2 Å². The number of para-hydroxylation sites is 1. The van der Waals surface area contributed by atoms with Crippen molar-refractivity contribution in [2.24, 2.45) is 5.92 Å². The summed E-state index contributed by atoms with van der Waals surface area (Å²) in [7, 11) is 0. The maximum Gasteiger partial charge on any atom is 0.310 e. The smallest absolute Gasteiger partial charge is 0.310 e. The summed E-state index contributed by atoms with van der Waals surface area (Å²) in [6.45, 7) is 0.0611. The van der Waals surface area contributed by atoms with Crippen LogP contribution < -0.4 is 10.1 Å². The van der Waals surface area contributed by atoms with Gasteiger partial charge < -0.3 is 15.2 Å². The molecular weight excluding hydrogens is 277 g/mol. The molecule has 0 aromatic heterocycles. The third-order valence-electron chi connectivity index (χ3n) is 3.17. The molecule has 0 fully saturated rings. The van der Waals surface area contributed by atoms with E-state index in [0.29, 0.717) is 6.42 Å². The molecule has 2 N–H and O–H groups in total. The zero-order valence-electron chi connectivity index (χ0n) is 11.3. The van der Waals surface area contributed by atoms with Crippen LogP contribution in [0.5, 0.6) is 5.75 Å². The Bertz CT molecular complexity index is 558.